The number of nitrogens with one attached hydrogen (secondary N) is 1. The first-order valence-corrected chi connectivity index (χ1v) is 10.5. The fourth-order valence-electron chi connectivity index (χ4n) is 3.95. The van der Waals surface area contributed by atoms with E-state index in [0.29, 0.717) is 36.0 Å². The summed E-state index contributed by atoms with van der Waals surface area (Å²) >= 11 is 0. The number of aromatic nitrogens is 3. The summed E-state index contributed by atoms with van der Waals surface area (Å²) in [6, 6.07) is 8.85. The van der Waals surface area contributed by atoms with E-state index in [-0.39, 0.29) is 24.0 Å². The third-order valence-electron chi connectivity index (χ3n) is 5.64. The van der Waals surface area contributed by atoms with Gasteiger partial charge in [0.15, 0.2) is 0 Å². The first kappa shape index (κ1) is 20.2. The number of benzene rings is 1. The Morgan fingerprint density at radius 3 is 2.93 bits per heavy atom. The van der Waals surface area contributed by atoms with Crippen LogP contribution in [0.15, 0.2) is 47.5 Å². The third-order valence-corrected chi connectivity index (χ3v) is 5.64. The Morgan fingerprint density at radius 1 is 1.23 bits per heavy atom. The molecule has 0 aliphatic carbocycles. The van der Waals surface area contributed by atoms with Gasteiger partial charge in [0, 0.05) is 50.0 Å². The molecule has 3 heterocycles. The zero-order chi connectivity index (χ0) is 20.9. The predicted molar refractivity (Wildman–Crippen MR) is 114 cm³/mol. The normalized spacial score (nSPS) is 14.7. The molecule has 0 saturated carbocycles. The number of aryl methyl sites for hydroxylation is 1. The zero-order valence-electron chi connectivity index (χ0n) is 16.9. The maximum Gasteiger partial charge on any atom is 0.261 e. The van der Waals surface area contributed by atoms with Crippen LogP contribution in [0.3, 0.4) is 0 Å². The second-order valence-corrected chi connectivity index (χ2v) is 7.85. The van der Waals surface area contributed by atoms with Crippen LogP contribution in [0.4, 0.5) is 0 Å². The van der Waals surface area contributed by atoms with E-state index in [0.717, 1.165) is 37.1 Å². The van der Waals surface area contributed by atoms with Crippen molar-refractivity contribution in [1.29, 1.82) is 0 Å². The van der Waals surface area contributed by atoms with Crippen molar-refractivity contribution in [3.8, 4) is 0 Å². The van der Waals surface area contributed by atoms with Gasteiger partial charge < -0.3 is 10.4 Å². The van der Waals surface area contributed by atoms with E-state index in [1.807, 2.05) is 12.1 Å². The Morgan fingerprint density at radius 2 is 2.13 bits per heavy atom. The van der Waals surface area contributed by atoms with Gasteiger partial charge in [-0.3, -0.25) is 19.1 Å². The average molecular weight is 406 g/mol. The third kappa shape index (κ3) is 4.41. The van der Waals surface area contributed by atoms with Gasteiger partial charge in [0.1, 0.15) is 5.82 Å². The van der Waals surface area contributed by atoms with Crippen molar-refractivity contribution in [2.75, 3.05) is 13.2 Å². The average Bonchev–Trinajstić information content (AvgIpc) is 3.02. The van der Waals surface area contributed by atoms with Gasteiger partial charge in [0.25, 0.3) is 11.5 Å². The minimum atomic E-state index is -0.238. The van der Waals surface area contributed by atoms with Crippen LogP contribution >= 0.6 is 0 Å². The number of amides is 1. The molecule has 0 bridgehead atoms. The number of aliphatic hydroxyl groups excluding tert-OH is 1. The van der Waals surface area contributed by atoms with Crippen molar-refractivity contribution in [3.63, 3.8) is 0 Å². The summed E-state index contributed by atoms with van der Waals surface area (Å²) in [6.45, 7) is 1.03. The van der Waals surface area contributed by atoms with Crippen LogP contribution in [-0.4, -0.2) is 38.7 Å². The van der Waals surface area contributed by atoms with Crippen molar-refractivity contribution in [1.82, 2.24) is 19.9 Å². The molecule has 30 heavy (non-hydrogen) atoms. The molecular weight excluding hydrogens is 380 g/mol. The minimum absolute atomic E-state index is 0.0272. The van der Waals surface area contributed by atoms with Crippen LogP contribution < -0.4 is 10.9 Å². The summed E-state index contributed by atoms with van der Waals surface area (Å²) in [5.41, 5.74) is 2.02. The van der Waals surface area contributed by atoms with E-state index >= 15 is 0 Å². The van der Waals surface area contributed by atoms with Crippen LogP contribution in [0, 0.1) is 5.92 Å². The predicted octanol–water partition coefficient (Wildman–Crippen LogP) is 2.10. The topological polar surface area (TPSA) is 97.1 Å². The Balaban J connectivity index is 1.49. The number of carbonyl (C=O) groups is 1. The summed E-state index contributed by atoms with van der Waals surface area (Å²) in [6.07, 6.45) is 8.00. The Labute approximate surface area is 174 Å². The Hall–Kier alpha value is -3.06. The lowest BCUT2D eigenvalue weighted by molar-refractivity contribution is 0.0940. The maximum atomic E-state index is 12.8. The molecule has 4 rings (SSSR count). The molecule has 0 unspecified atom stereocenters. The van der Waals surface area contributed by atoms with Crippen molar-refractivity contribution in [2.45, 2.75) is 38.6 Å². The molecule has 3 aromatic rings. The SMILES string of the molecule is O=C(NC[C@@H](CO)Cc1cccnc1)c1ccc2c(=O)n3c(nc2c1)CCCCC3. The number of nitrogens with zero attached hydrogens (tertiary/aromatic N) is 3. The molecule has 0 saturated heterocycles. The number of pyridine rings is 1. The lowest BCUT2D eigenvalue weighted by Gasteiger charge is -2.15. The van der Waals surface area contributed by atoms with Gasteiger partial charge in [0.05, 0.1) is 10.9 Å². The number of rotatable bonds is 6. The van der Waals surface area contributed by atoms with E-state index in [1.54, 1.807) is 35.2 Å². The second-order valence-electron chi connectivity index (χ2n) is 7.85. The molecule has 0 radical (unpaired) electrons. The molecule has 0 fully saturated rings. The first-order valence-electron chi connectivity index (χ1n) is 10.5. The number of carbonyl (C=O) groups excluding carboxylic acids is 1. The first-order chi connectivity index (χ1) is 14.7. The van der Waals surface area contributed by atoms with Gasteiger partial charge in [-0.2, -0.15) is 0 Å². The van der Waals surface area contributed by atoms with Gasteiger partial charge >= 0.3 is 0 Å². The minimum Gasteiger partial charge on any atom is -0.396 e. The summed E-state index contributed by atoms with van der Waals surface area (Å²) in [7, 11) is 0. The van der Waals surface area contributed by atoms with E-state index in [4.69, 9.17) is 0 Å². The molecule has 156 valence electrons. The zero-order valence-corrected chi connectivity index (χ0v) is 16.9. The number of aliphatic hydroxyl groups is 1. The second kappa shape index (κ2) is 9.17. The van der Waals surface area contributed by atoms with Crippen molar-refractivity contribution >= 4 is 16.8 Å². The molecule has 2 N–H and O–H groups in total. The van der Waals surface area contributed by atoms with Crippen molar-refractivity contribution in [3.05, 3.63) is 70.0 Å². The smallest absolute Gasteiger partial charge is 0.261 e. The fraction of sp³-hybridized carbons (Fsp3) is 0.391. The lowest BCUT2D eigenvalue weighted by atomic mass is 10.0. The molecule has 7 nitrogen and oxygen atoms in total. The lowest BCUT2D eigenvalue weighted by Crippen LogP contribution is -2.32. The van der Waals surface area contributed by atoms with Crippen LogP contribution in [0.25, 0.3) is 10.9 Å². The van der Waals surface area contributed by atoms with Gasteiger partial charge in [-0.05, 0) is 49.1 Å². The highest BCUT2D eigenvalue weighted by atomic mass is 16.3. The quantitative estimate of drug-likeness (QED) is 0.653. The number of hydrogen-bond donors (Lipinski definition) is 2. The van der Waals surface area contributed by atoms with E-state index in [9.17, 15) is 14.7 Å². The van der Waals surface area contributed by atoms with Gasteiger partial charge in [0.2, 0.25) is 0 Å². The summed E-state index contributed by atoms with van der Waals surface area (Å²) in [5, 5.41) is 13.1. The van der Waals surface area contributed by atoms with Crippen molar-refractivity contribution in [2.24, 2.45) is 5.92 Å². The Kier molecular flexibility index (Phi) is 6.18. The molecule has 1 atom stereocenters. The highest BCUT2D eigenvalue weighted by Crippen LogP contribution is 2.16. The molecular formula is C23H26N4O3. The molecule has 1 aliphatic heterocycles. The van der Waals surface area contributed by atoms with E-state index < -0.39 is 0 Å². The van der Waals surface area contributed by atoms with Crippen LogP contribution in [0.5, 0.6) is 0 Å². The highest BCUT2D eigenvalue weighted by molar-refractivity contribution is 5.97. The molecule has 1 aliphatic rings. The monoisotopic (exact) mass is 406 g/mol. The van der Waals surface area contributed by atoms with Crippen LogP contribution in [0.2, 0.25) is 0 Å². The van der Waals surface area contributed by atoms with Gasteiger partial charge in [-0.15, -0.1) is 0 Å². The molecule has 0 spiro atoms. The molecule has 7 heteroatoms. The molecule has 1 amide bonds. The summed E-state index contributed by atoms with van der Waals surface area (Å²) in [5.74, 6) is 0.467. The maximum absolute atomic E-state index is 12.8. The summed E-state index contributed by atoms with van der Waals surface area (Å²) in [4.78, 5) is 34.3. The molecule has 1 aromatic carbocycles. The largest absolute Gasteiger partial charge is 0.396 e. The fourth-order valence-corrected chi connectivity index (χ4v) is 3.95. The highest BCUT2D eigenvalue weighted by Gasteiger charge is 2.16. The Bertz CT molecular complexity index is 1090. The van der Waals surface area contributed by atoms with Crippen LogP contribution in [0.1, 0.15) is 41.0 Å². The van der Waals surface area contributed by atoms with E-state index in [1.165, 1.54) is 0 Å². The standard InChI is InChI=1S/C23H26N4O3/c28-15-17(11-16-5-4-9-24-13-16)14-25-22(29)18-7-8-19-20(12-18)26-21-6-2-1-3-10-27(21)23(19)30/h4-5,7-9,12-13,17,28H,1-3,6,10-11,14-15H2,(H,25,29)/t17-/m0/s1. The van der Waals surface area contributed by atoms with E-state index in [2.05, 4.69) is 15.3 Å². The van der Waals surface area contributed by atoms with Crippen molar-refractivity contribution < 1.29 is 9.90 Å². The van der Waals surface area contributed by atoms with Crippen LogP contribution in [-0.2, 0) is 19.4 Å². The summed E-state index contributed by atoms with van der Waals surface area (Å²) < 4.78 is 1.78. The van der Waals surface area contributed by atoms with Gasteiger partial charge in [-0.25, -0.2) is 4.98 Å². The number of fused-ring (bicyclic) bond motifs is 2. The number of hydrogen-bond acceptors (Lipinski definition) is 5. The van der Waals surface area contributed by atoms with Gasteiger partial charge in [-0.1, -0.05) is 12.5 Å². The molecule has 2 aromatic heterocycles.